The lowest BCUT2D eigenvalue weighted by Gasteiger charge is -2.48. The number of hydrogen-bond acceptors (Lipinski definition) is 3. The molecule has 17 heavy (non-hydrogen) atoms. The summed E-state index contributed by atoms with van der Waals surface area (Å²) in [6.07, 6.45) is 1.06. The molecule has 3 saturated carbocycles. The number of carboxylic acids is 1. The second-order valence-electron chi connectivity index (χ2n) is 6.78. The van der Waals surface area contributed by atoms with Gasteiger partial charge in [-0.25, -0.2) is 0 Å². The van der Waals surface area contributed by atoms with Crippen LogP contribution in [0.2, 0.25) is 0 Å². The van der Waals surface area contributed by atoms with Crippen LogP contribution in [-0.4, -0.2) is 28.6 Å². The van der Waals surface area contributed by atoms with Crippen molar-refractivity contribution in [2.45, 2.75) is 58.0 Å². The minimum absolute atomic E-state index is 0.0476. The predicted molar refractivity (Wildman–Crippen MR) is 60.4 cm³/mol. The molecule has 0 amide bonds. The van der Waals surface area contributed by atoms with Gasteiger partial charge < -0.3 is 14.6 Å². The first-order valence-corrected chi connectivity index (χ1v) is 6.29. The molecule has 4 fully saturated rings. The van der Waals surface area contributed by atoms with E-state index in [9.17, 15) is 4.79 Å². The first-order valence-electron chi connectivity index (χ1n) is 6.29. The van der Waals surface area contributed by atoms with Gasteiger partial charge in [0.1, 0.15) is 5.60 Å². The highest BCUT2D eigenvalue weighted by atomic mass is 16.8. The van der Waals surface area contributed by atoms with Crippen molar-refractivity contribution >= 4 is 5.97 Å². The zero-order chi connectivity index (χ0) is 12.6. The summed E-state index contributed by atoms with van der Waals surface area (Å²) < 4.78 is 12.0. The zero-order valence-corrected chi connectivity index (χ0v) is 10.8. The summed E-state index contributed by atoms with van der Waals surface area (Å²) in [6, 6.07) is 0. The topological polar surface area (TPSA) is 55.8 Å². The molecule has 1 saturated heterocycles. The first-order chi connectivity index (χ1) is 7.69. The fourth-order valence-electron chi connectivity index (χ4n) is 4.44. The molecular formula is C13H20O4. The van der Waals surface area contributed by atoms with E-state index in [4.69, 9.17) is 14.6 Å². The van der Waals surface area contributed by atoms with E-state index in [1.807, 2.05) is 13.8 Å². The molecule has 0 aromatic rings. The zero-order valence-electron chi connectivity index (χ0n) is 10.8. The van der Waals surface area contributed by atoms with Crippen LogP contribution >= 0.6 is 0 Å². The lowest BCUT2D eigenvalue weighted by molar-refractivity contribution is -0.217. The van der Waals surface area contributed by atoms with Gasteiger partial charge in [0.15, 0.2) is 5.79 Å². The number of hydrogen-bond donors (Lipinski definition) is 1. The van der Waals surface area contributed by atoms with Gasteiger partial charge in [-0.3, -0.25) is 4.79 Å². The van der Waals surface area contributed by atoms with Crippen LogP contribution in [0, 0.1) is 17.3 Å². The molecule has 1 N–H and O–H groups in total. The smallest absolute Gasteiger partial charge is 0.306 e. The van der Waals surface area contributed by atoms with Crippen molar-refractivity contribution in [2.75, 3.05) is 0 Å². The second kappa shape index (κ2) is 2.86. The van der Waals surface area contributed by atoms with Crippen LogP contribution < -0.4 is 0 Å². The molecule has 3 unspecified atom stereocenters. The van der Waals surface area contributed by atoms with Crippen LogP contribution in [0.5, 0.6) is 0 Å². The van der Waals surface area contributed by atoms with Gasteiger partial charge in [-0.2, -0.15) is 0 Å². The third-order valence-electron chi connectivity index (χ3n) is 5.05. The molecule has 1 heterocycles. The quantitative estimate of drug-likeness (QED) is 0.802. The second-order valence-corrected chi connectivity index (χ2v) is 6.78. The molecule has 0 aromatic carbocycles. The van der Waals surface area contributed by atoms with Gasteiger partial charge in [0, 0.05) is 0 Å². The van der Waals surface area contributed by atoms with Crippen molar-refractivity contribution in [3.8, 4) is 0 Å². The molecule has 0 spiro atoms. The van der Waals surface area contributed by atoms with Crippen LogP contribution in [0.3, 0.4) is 0 Å². The third-order valence-corrected chi connectivity index (χ3v) is 5.05. The SMILES string of the molecule is CC1(C)OC2C3CC(C3(C)C)[C@@]2(CC(=O)O)O1. The van der Waals surface area contributed by atoms with E-state index in [1.165, 1.54) is 0 Å². The highest BCUT2D eigenvalue weighted by Crippen LogP contribution is 2.72. The van der Waals surface area contributed by atoms with Crippen molar-refractivity contribution in [2.24, 2.45) is 17.3 Å². The minimum atomic E-state index is -0.792. The van der Waals surface area contributed by atoms with Gasteiger partial charge in [0.05, 0.1) is 12.5 Å². The van der Waals surface area contributed by atoms with Gasteiger partial charge in [0.25, 0.3) is 0 Å². The fourth-order valence-corrected chi connectivity index (χ4v) is 4.44. The molecule has 4 heteroatoms. The summed E-state index contributed by atoms with van der Waals surface area (Å²) in [4.78, 5) is 11.1. The molecular weight excluding hydrogens is 220 g/mol. The van der Waals surface area contributed by atoms with E-state index in [0.29, 0.717) is 11.8 Å². The maximum absolute atomic E-state index is 11.1. The number of carbonyl (C=O) groups is 1. The molecule has 4 atom stereocenters. The Balaban J connectivity index is 1.99. The van der Waals surface area contributed by atoms with Crippen LogP contribution in [0.1, 0.15) is 40.5 Å². The van der Waals surface area contributed by atoms with E-state index in [1.54, 1.807) is 0 Å². The Morgan fingerprint density at radius 2 is 2.00 bits per heavy atom. The molecule has 0 aromatic heterocycles. The minimum Gasteiger partial charge on any atom is -0.481 e. The van der Waals surface area contributed by atoms with E-state index >= 15 is 0 Å². The van der Waals surface area contributed by atoms with Crippen molar-refractivity contribution in [1.82, 2.24) is 0 Å². The summed E-state index contributed by atoms with van der Waals surface area (Å²) in [7, 11) is 0. The van der Waals surface area contributed by atoms with Gasteiger partial charge >= 0.3 is 5.97 Å². The average Bonchev–Trinajstić information content (AvgIpc) is 2.55. The number of aliphatic carboxylic acids is 1. The van der Waals surface area contributed by atoms with Crippen molar-refractivity contribution in [3.63, 3.8) is 0 Å². The summed E-state index contributed by atoms with van der Waals surface area (Å²) in [5.74, 6) is -0.691. The van der Waals surface area contributed by atoms with Crippen LogP contribution in [0.25, 0.3) is 0 Å². The molecule has 2 bridgehead atoms. The van der Waals surface area contributed by atoms with E-state index < -0.39 is 17.4 Å². The lowest BCUT2D eigenvalue weighted by atomic mass is 9.59. The maximum atomic E-state index is 11.1. The van der Waals surface area contributed by atoms with Gasteiger partial charge in [-0.05, 0) is 37.5 Å². The van der Waals surface area contributed by atoms with E-state index in [0.717, 1.165) is 6.42 Å². The molecule has 3 aliphatic carbocycles. The third kappa shape index (κ3) is 1.23. The fraction of sp³-hybridized carbons (Fsp3) is 0.923. The molecule has 4 rings (SSSR count). The summed E-state index contributed by atoms with van der Waals surface area (Å²) >= 11 is 0. The number of carboxylic acid groups (broad SMARTS) is 1. The Morgan fingerprint density at radius 1 is 1.35 bits per heavy atom. The summed E-state index contributed by atoms with van der Waals surface area (Å²) in [5.41, 5.74) is -0.444. The number of ether oxygens (including phenoxy) is 2. The van der Waals surface area contributed by atoms with Gasteiger partial charge in [0.2, 0.25) is 0 Å². The standard InChI is InChI=1S/C13H20O4/c1-11(2)7-5-8(11)13(6-9(14)15)10(7)16-12(3,4)17-13/h7-8,10H,5-6H2,1-4H3,(H,14,15)/t7?,8?,10?,13-/m1/s1. The Morgan fingerprint density at radius 3 is 2.53 bits per heavy atom. The highest BCUT2D eigenvalue weighted by Gasteiger charge is 2.77. The Bertz CT molecular complexity index is 387. The van der Waals surface area contributed by atoms with Crippen molar-refractivity contribution < 1.29 is 19.4 Å². The largest absolute Gasteiger partial charge is 0.481 e. The van der Waals surface area contributed by atoms with Crippen LogP contribution in [0.15, 0.2) is 0 Å². The molecule has 4 nitrogen and oxygen atoms in total. The Hall–Kier alpha value is -0.610. The van der Waals surface area contributed by atoms with E-state index in [2.05, 4.69) is 13.8 Å². The van der Waals surface area contributed by atoms with E-state index in [-0.39, 0.29) is 17.9 Å². The average molecular weight is 240 g/mol. The Labute approximate surface area is 101 Å². The Kier molecular flexibility index (Phi) is 1.93. The number of rotatable bonds is 2. The van der Waals surface area contributed by atoms with Crippen molar-refractivity contribution in [1.29, 1.82) is 0 Å². The first kappa shape index (κ1) is 11.5. The summed E-state index contributed by atoms with van der Waals surface area (Å²) in [5, 5.41) is 9.16. The monoisotopic (exact) mass is 240 g/mol. The molecule has 4 aliphatic rings. The van der Waals surface area contributed by atoms with Crippen molar-refractivity contribution in [3.05, 3.63) is 0 Å². The molecule has 96 valence electrons. The summed E-state index contributed by atoms with van der Waals surface area (Å²) in [6.45, 7) is 8.16. The highest BCUT2D eigenvalue weighted by molar-refractivity contribution is 5.69. The van der Waals surface area contributed by atoms with Gasteiger partial charge in [-0.1, -0.05) is 13.8 Å². The maximum Gasteiger partial charge on any atom is 0.306 e. The normalized spacial score (nSPS) is 48.6. The lowest BCUT2D eigenvalue weighted by Crippen LogP contribution is -2.48. The molecule has 0 radical (unpaired) electrons. The van der Waals surface area contributed by atoms with Gasteiger partial charge in [-0.15, -0.1) is 0 Å². The van der Waals surface area contributed by atoms with Crippen LogP contribution in [0.4, 0.5) is 0 Å². The predicted octanol–water partition coefficient (Wildman–Crippen LogP) is 2.03. The van der Waals surface area contributed by atoms with Crippen LogP contribution in [-0.2, 0) is 14.3 Å². The molecule has 1 aliphatic heterocycles.